The summed E-state index contributed by atoms with van der Waals surface area (Å²) < 4.78 is 0. The van der Waals surface area contributed by atoms with Gasteiger partial charge in [-0.25, -0.2) is 0 Å². The van der Waals surface area contributed by atoms with Crippen molar-refractivity contribution in [1.82, 2.24) is 9.80 Å². The number of hydrogen-bond donors (Lipinski definition) is 1. The smallest absolute Gasteiger partial charge is 0.222 e. The third-order valence-electron chi connectivity index (χ3n) is 6.06. The Morgan fingerprint density at radius 1 is 1.25 bits per heavy atom. The van der Waals surface area contributed by atoms with E-state index in [-0.39, 0.29) is 17.9 Å². The van der Waals surface area contributed by atoms with Crippen LogP contribution in [0.4, 0.5) is 0 Å². The molecule has 24 heavy (non-hydrogen) atoms. The van der Waals surface area contributed by atoms with Gasteiger partial charge in [-0.05, 0) is 51.3 Å². The predicted molar refractivity (Wildman–Crippen MR) is 95.7 cm³/mol. The number of benzene rings is 1. The van der Waals surface area contributed by atoms with E-state index in [0.717, 1.165) is 51.7 Å². The SMILES string of the molecule is CN1CCC[C@]2(CO)CCN(C(=O)CCCc3ccccc3)C[C@@H]12. The van der Waals surface area contributed by atoms with Gasteiger partial charge in [0.05, 0.1) is 6.61 Å². The quantitative estimate of drug-likeness (QED) is 0.901. The standard InChI is InChI=1S/C20H30N2O2/c1-21-13-6-11-20(16-23)12-14-22(15-18(20)21)19(24)10-5-9-17-7-3-2-4-8-17/h2-4,7-8,18,23H,5-6,9-16H2,1H3/t18-,20-/m1/s1. The van der Waals surface area contributed by atoms with Crippen LogP contribution >= 0.6 is 0 Å². The summed E-state index contributed by atoms with van der Waals surface area (Å²) in [6.07, 6.45) is 5.67. The van der Waals surface area contributed by atoms with Gasteiger partial charge in [0.15, 0.2) is 0 Å². The molecule has 1 aromatic carbocycles. The molecule has 4 heteroatoms. The van der Waals surface area contributed by atoms with Gasteiger partial charge in [0.2, 0.25) is 5.91 Å². The fourth-order valence-electron chi connectivity index (χ4n) is 4.49. The molecular weight excluding hydrogens is 300 g/mol. The lowest BCUT2D eigenvalue weighted by atomic mass is 9.69. The first-order chi connectivity index (χ1) is 11.6. The number of fused-ring (bicyclic) bond motifs is 1. The number of piperidine rings is 2. The molecule has 0 spiro atoms. The summed E-state index contributed by atoms with van der Waals surface area (Å²) in [5, 5.41) is 9.96. The molecule has 132 valence electrons. The van der Waals surface area contributed by atoms with E-state index in [1.54, 1.807) is 0 Å². The van der Waals surface area contributed by atoms with E-state index in [1.165, 1.54) is 5.56 Å². The molecule has 4 nitrogen and oxygen atoms in total. The van der Waals surface area contributed by atoms with Gasteiger partial charge < -0.3 is 14.9 Å². The fourth-order valence-corrected chi connectivity index (χ4v) is 4.49. The van der Waals surface area contributed by atoms with Crippen LogP contribution in [0.25, 0.3) is 0 Å². The van der Waals surface area contributed by atoms with Crippen molar-refractivity contribution in [3.63, 3.8) is 0 Å². The van der Waals surface area contributed by atoms with Crippen LogP contribution in [-0.2, 0) is 11.2 Å². The summed E-state index contributed by atoms with van der Waals surface area (Å²) in [4.78, 5) is 17.0. The predicted octanol–water partition coefficient (Wildman–Crippen LogP) is 2.31. The zero-order valence-corrected chi connectivity index (χ0v) is 14.8. The molecule has 0 saturated carbocycles. The lowest BCUT2D eigenvalue weighted by Crippen LogP contribution is -2.62. The van der Waals surface area contributed by atoms with Gasteiger partial charge in [-0.3, -0.25) is 4.79 Å². The fraction of sp³-hybridized carbons (Fsp3) is 0.650. The minimum absolute atomic E-state index is 0.00776. The van der Waals surface area contributed by atoms with Crippen molar-refractivity contribution in [3.05, 3.63) is 35.9 Å². The van der Waals surface area contributed by atoms with Crippen LogP contribution < -0.4 is 0 Å². The number of hydrogen-bond acceptors (Lipinski definition) is 3. The van der Waals surface area contributed by atoms with Gasteiger partial charge in [0, 0.05) is 31.0 Å². The highest BCUT2D eigenvalue weighted by Crippen LogP contribution is 2.41. The molecule has 3 rings (SSSR count). The molecular formula is C20H30N2O2. The van der Waals surface area contributed by atoms with E-state index in [1.807, 2.05) is 11.0 Å². The number of rotatable bonds is 5. The monoisotopic (exact) mass is 330 g/mol. The summed E-state index contributed by atoms with van der Waals surface area (Å²) >= 11 is 0. The molecule has 2 aliphatic heterocycles. The number of aryl methyl sites for hydroxylation is 1. The maximum Gasteiger partial charge on any atom is 0.222 e. The number of aliphatic hydroxyl groups excluding tert-OH is 1. The van der Waals surface area contributed by atoms with Crippen molar-refractivity contribution in [1.29, 1.82) is 0 Å². The topological polar surface area (TPSA) is 43.8 Å². The largest absolute Gasteiger partial charge is 0.396 e. The van der Waals surface area contributed by atoms with Crippen molar-refractivity contribution in [3.8, 4) is 0 Å². The van der Waals surface area contributed by atoms with Crippen molar-refractivity contribution < 1.29 is 9.90 Å². The molecule has 1 N–H and O–H groups in total. The Hall–Kier alpha value is -1.39. The Balaban J connectivity index is 1.53. The van der Waals surface area contributed by atoms with Crippen LogP contribution in [0.15, 0.2) is 30.3 Å². The van der Waals surface area contributed by atoms with E-state index in [9.17, 15) is 9.90 Å². The summed E-state index contributed by atoms with van der Waals surface area (Å²) in [7, 11) is 2.14. The third kappa shape index (κ3) is 3.65. The van der Waals surface area contributed by atoms with Gasteiger partial charge in [-0.1, -0.05) is 30.3 Å². The maximum atomic E-state index is 12.6. The average molecular weight is 330 g/mol. The summed E-state index contributed by atoms with van der Waals surface area (Å²) in [6, 6.07) is 10.7. The summed E-state index contributed by atoms with van der Waals surface area (Å²) in [5.74, 6) is 0.274. The minimum atomic E-state index is 0.00776. The van der Waals surface area contributed by atoms with E-state index < -0.39 is 0 Å². The van der Waals surface area contributed by atoms with Gasteiger partial charge in [0.25, 0.3) is 0 Å². The van der Waals surface area contributed by atoms with Crippen molar-refractivity contribution in [2.75, 3.05) is 33.3 Å². The Labute approximate surface area is 145 Å². The molecule has 0 aliphatic carbocycles. The Bertz CT molecular complexity index is 548. The first-order valence-electron chi connectivity index (χ1n) is 9.27. The summed E-state index contributed by atoms with van der Waals surface area (Å²) in [5.41, 5.74) is 1.31. The van der Waals surface area contributed by atoms with Crippen molar-refractivity contribution in [2.45, 2.75) is 44.6 Å². The number of carbonyl (C=O) groups is 1. The molecule has 0 radical (unpaired) electrons. The Morgan fingerprint density at radius 2 is 2.04 bits per heavy atom. The molecule has 0 bridgehead atoms. The van der Waals surface area contributed by atoms with Crippen LogP contribution in [0.5, 0.6) is 0 Å². The number of nitrogens with zero attached hydrogens (tertiary/aromatic N) is 2. The normalized spacial score (nSPS) is 27.8. The number of amides is 1. The minimum Gasteiger partial charge on any atom is -0.396 e. The number of likely N-dealkylation sites (tertiary alicyclic amines) is 2. The highest BCUT2D eigenvalue weighted by Gasteiger charge is 2.47. The second-order valence-corrected chi connectivity index (χ2v) is 7.55. The highest BCUT2D eigenvalue weighted by molar-refractivity contribution is 5.76. The third-order valence-corrected chi connectivity index (χ3v) is 6.06. The van der Waals surface area contributed by atoms with Crippen LogP contribution in [0.1, 0.15) is 37.7 Å². The molecule has 2 fully saturated rings. The first kappa shape index (κ1) is 17.4. The molecule has 1 aromatic rings. The molecule has 2 aliphatic rings. The molecule has 1 amide bonds. The Morgan fingerprint density at radius 3 is 2.79 bits per heavy atom. The zero-order valence-electron chi connectivity index (χ0n) is 14.8. The molecule has 0 unspecified atom stereocenters. The highest BCUT2D eigenvalue weighted by atomic mass is 16.3. The van der Waals surface area contributed by atoms with Crippen molar-refractivity contribution >= 4 is 5.91 Å². The Kier molecular flexibility index (Phi) is 5.57. The van der Waals surface area contributed by atoms with E-state index >= 15 is 0 Å². The van der Waals surface area contributed by atoms with E-state index in [4.69, 9.17) is 0 Å². The van der Waals surface area contributed by atoms with Crippen LogP contribution in [0, 0.1) is 5.41 Å². The number of aliphatic hydroxyl groups is 1. The summed E-state index contributed by atoms with van der Waals surface area (Å²) in [6.45, 7) is 2.90. The lowest BCUT2D eigenvalue weighted by Gasteiger charge is -2.53. The van der Waals surface area contributed by atoms with Gasteiger partial charge in [-0.2, -0.15) is 0 Å². The van der Waals surface area contributed by atoms with Gasteiger partial charge >= 0.3 is 0 Å². The maximum absolute atomic E-state index is 12.6. The van der Waals surface area contributed by atoms with Crippen LogP contribution in [-0.4, -0.2) is 60.1 Å². The van der Waals surface area contributed by atoms with Crippen molar-refractivity contribution in [2.24, 2.45) is 5.41 Å². The second-order valence-electron chi connectivity index (χ2n) is 7.55. The lowest BCUT2D eigenvalue weighted by molar-refractivity contribution is -0.139. The van der Waals surface area contributed by atoms with Crippen LogP contribution in [0.2, 0.25) is 0 Å². The van der Waals surface area contributed by atoms with Gasteiger partial charge in [-0.15, -0.1) is 0 Å². The molecule has 2 heterocycles. The van der Waals surface area contributed by atoms with Gasteiger partial charge in [0.1, 0.15) is 0 Å². The molecule has 2 atom stereocenters. The number of carbonyl (C=O) groups excluding carboxylic acids is 1. The molecule has 0 aromatic heterocycles. The molecule has 2 saturated heterocycles. The first-order valence-corrected chi connectivity index (χ1v) is 9.27. The number of likely N-dealkylation sites (N-methyl/N-ethyl adjacent to an activating group) is 1. The zero-order chi connectivity index (χ0) is 17.0. The second kappa shape index (κ2) is 7.66. The van der Waals surface area contributed by atoms with E-state index in [2.05, 4.69) is 36.2 Å². The van der Waals surface area contributed by atoms with Crippen LogP contribution in [0.3, 0.4) is 0 Å². The van der Waals surface area contributed by atoms with E-state index in [0.29, 0.717) is 12.5 Å². The average Bonchev–Trinajstić information content (AvgIpc) is 2.62.